The molecular formula is C11H5ClF6N2O. The minimum absolute atomic E-state index is 0.0591. The smallest absolute Gasteiger partial charge is 0.269 e. The highest BCUT2D eigenvalue weighted by Gasteiger charge is 2.72. The van der Waals surface area contributed by atoms with Crippen LogP contribution < -0.4 is 5.56 Å². The lowest BCUT2D eigenvalue weighted by Gasteiger charge is -2.28. The van der Waals surface area contributed by atoms with E-state index in [4.69, 9.17) is 0 Å². The first-order valence-corrected chi connectivity index (χ1v) is 5.67. The molecule has 0 aromatic carbocycles. The minimum atomic E-state index is -5.92. The van der Waals surface area contributed by atoms with Crippen molar-refractivity contribution in [3.63, 3.8) is 0 Å². The molecule has 10 heteroatoms. The molecule has 0 fully saturated rings. The van der Waals surface area contributed by atoms with Crippen LogP contribution in [0, 0.1) is 0 Å². The van der Waals surface area contributed by atoms with Gasteiger partial charge in [0.25, 0.3) is 5.56 Å². The van der Waals surface area contributed by atoms with E-state index in [0.717, 1.165) is 16.7 Å². The van der Waals surface area contributed by atoms with Gasteiger partial charge in [-0.05, 0) is 23.7 Å². The molecule has 0 unspecified atom stereocenters. The van der Waals surface area contributed by atoms with Crippen LogP contribution in [0.5, 0.6) is 0 Å². The topological polar surface area (TPSA) is 34.4 Å². The van der Waals surface area contributed by atoms with Gasteiger partial charge in [0, 0.05) is 12.3 Å². The summed E-state index contributed by atoms with van der Waals surface area (Å²) in [6.45, 7) is 0. The lowest BCUT2D eigenvalue weighted by Crippen LogP contribution is -2.50. The number of alkyl halides is 7. The predicted octanol–water partition coefficient (Wildman–Crippen LogP) is 3.25. The van der Waals surface area contributed by atoms with E-state index in [1.54, 1.807) is 0 Å². The Labute approximate surface area is 117 Å². The van der Waals surface area contributed by atoms with Gasteiger partial charge in [-0.15, -0.1) is 0 Å². The average Bonchev–Trinajstić information content (AvgIpc) is 2.37. The molecule has 0 aliphatic heterocycles. The van der Waals surface area contributed by atoms with E-state index in [1.807, 2.05) is 0 Å². The fourth-order valence-corrected chi connectivity index (χ4v) is 1.67. The molecule has 3 nitrogen and oxygen atoms in total. The summed E-state index contributed by atoms with van der Waals surface area (Å²) in [6.07, 6.45) is 1.15. The van der Waals surface area contributed by atoms with Crippen LogP contribution in [0.1, 0.15) is 5.69 Å². The Bertz CT molecular complexity index is 739. The van der Waals surface area contributed by atoms with Crippen molar-refractivity contribution >= 4 is 17.2 Å². The van der Waals surface area contributed by atoms with E-state index < -0.39 is 34.1 Å². The highest BCUT2D eigenvalue weighted by atomic mass is 35.5. The average molecular weight is 331 g/mol. The number of halogens is 7. The van der Waals surface area contributed by atoms with Crippen LogP contribution in [0.25, 0.3) is 5.65 Å². The van der Waals surface area contributed by atoms with Crippen LogP contribution in [0.3, 0.4) is 0 Å². The summed E-state index contributed by atoms with van der Waals surface area (Å²) < 4.78 is 79.3. The Morgan fingerprint density at radius 3 is 2.29 bits per heavy atom. The fraction of sp³-hybridized carbons (Fsp3) is 0.273. The summed E-state index contributed by atoms with van der Waals surface area (Å²) >= 11 is 4.04. The fourth-order valence-electron chi connectivity index (χ4n) is 1.55. The number of nitrogens with zero attached hydrogens (tertiary/aromatic N) is 2. The monoisotopic (exact) mass is 330 g/mol. The molecule has 0 saturated carbocycles. The van der Waals surface area contributed by atoms with Crippen molar-refractivity contribution in [1.82, 2.24) is 9.38 Å². The molecule has 114 valence electrons. The lowest BCUT2D eigenvalue weighted by molar-refractivity contribution is -0.287. The van der Waals surface area contributed by atoms with Crippen LogP contribution in [0.2, 0.25) is 0 Å². The third kappa shape index (κ3) is 2.35. The molecule has 0 aliphatic carbocycles. The molecule has 2 aromatic heterocycles. The quantitative estimate of drug-likeness (QED) is 0.639. The highest BCUT2D eigenvalue weighted by molar-refractivity contribution is 6.22. The molecule has 0 atom stereocenters. The molecule has 21 heavy (non-hydrogen) atoms. The van der Waals surface area contributed by atoms with Crippen LogP contribution in [-0.2, 0) is 5.92 Å². The zero-order valence-electron chi connectivity index (χ0n) is 9.84. The number of fused-ring (bicyclic) bond motifs is 1. The summed E-state index contributed by atoms with van der Waals surface area (Å²) in [5, 5.41) is -5.51. The number of hydrogen-bond donors (Lipinski definition) is 0. The van der Waals surface area contributed by atoms with Crippen molar-refractivity contribution in [3.05, 3.63) is 46.5 Å². The van der Waals surface area contributed by atoms with Crippen LogP contribution in [0.4, 0.5) is 26.3 Å². The Kier molecular flexibility index (Phi) is 3.43. The third-order valence-corrected chi connectivity index (χ3v) is 2.88. The van der Waals surface area contributed by atoms with Crippen LogP contribution in [0.15, 0.2) is 35.3 Å². The van der Waals surface area contributed by atoms with Gasteiger partial charge in [0.15, 0.2) is 0 Å². The maximum absolute atomic E-state index is 13.6. The second kappa shape index (κ2) is 4.62. The zero-order valence-corrected chi connectivity index (χ0v) is 10.6. The normalized spacial score (nSPS) is 13.7. The minimum Gasteiger partial charge on any atom is -0.269 e. The van der Waals surface area contributed by atoms with Crippen molar-refractivity contribution in [2.75, 3.05) is 0 Å². The molecule has 2 heterocycles. The first-order valence-electron chi connectivity index (χ1n) is 5.30. The van der Waals surface area contributed by atoms with Crippen molar-refractivity contribution in [1.29, 1.82) is 0 Å². The Hall–Kier alpha value is -1.77. The largest absolute Gasteiger partial charge is 0.392 e. The molecule has 2 rings (SSSR count). The van der Waals surface area contributed by atoms with Gasteiger partial charge in [0.2, 0.25) is 0 Å². The summed E-state index contributed by atoms with van der Waals surface area (Å²) in [6, 6.07) is 3.81. The standard InChI is InChI=1S/C11H5ClF6N2O/c12-11(17,18)10(15,16)9(13,14)6-5-8(21)20-4-2-1-3-7(20)19-6/h1-5H. The van der Waals surface area contributed by atoms with E-state index in [2.05, 4.69) is 16.6 Å². The second-order valence-electron chi connectivity index (χ2n) is 4.06. The number of aromatic nitrogens is 2. The summed E-state index contributed by atoms with van der Waals surface area (Å²) in [5.74, 6) is -11.4. The number of hydrogen-bond acceptors (Lipinski definition) is 2. The lowest BCUT2D eigenvalue weighted by atomic mass is 10.1. The van der Waals surface area contributed by atoms with Crippen LogP contribution in [-0.4, -0.2) is 20.7 Å². The molecule has 0 amide bonds. The molecule has 0 saturated heterocycles. The van der Waals surface area contributed by atoms with Gasteiger partial charge in [-0.1, -0.05) is 6.07 Å². The zero-order chi connectivity index (χ0) is 16.1. The van der Waals surface area contributed by atoms with E-state index in [9.17, 15) is 31.1 Å². The molecule has 0 N–H and O–H groups in total. The summed E-state index contributed by atoms with van der Waals surface area (Å²) in [7, 11) is 0. The van der Waals surface area contributed by atoms with Crippen LogP contribution >= 0.6 is 11.6 Å². The summed E-state index contributed by atoms with van der Waals surface area (Å²) in [4.78, 5) is 14.7. The summed E-state index contributed by atoms with van der Waals surface area (Å²) in [5.41, 5.74) is -3.30. The van der Waals surface area contributed by atoms with Gasteiger partial charge in [-0.25, -0.2) is 4.98 Å². The SMILES string of the molecule is O=c1cc(C(F)(F)C(F)(F)C(F)(F)Cl)nc2ccccn12. The van der Waals surface area contributed by atoms with Crippen molar-refractivity contribution in [2.24, 2.45) is 0 Å². The molecule has 0 radical (unpaired) electrons. The Morgan fingerprint density at radius 1 is 1.10 bits per heavy atom. The van der Waals surface area contributed by atoms with Crippen molar-refractivity contribution in [2.45, 2.75) is 17.2 Å². The van der Waals surface area contributed by atoms with E-state index in [0.29, 0.717) is 0 Å². The molecular weight excluding hydrogens is 326 g/mol. The van der Waals surface area contributed by atoms with Gasteiger partial charge < -0.3 is 0 Å². The number of pyridine rings is 1. The first-order chi connectivity index (χ1) is 9.48. The molecule has 0 aliphatic rings. The Morgan fingerprint density at radius 2 is 1.71 bits per heavy atom. The van der Waals surface area contributed by atoms with Crippen molar-refractivity contribution in [3.8, 4) is 0 Å². The molecule has 0 spiro atoms. The van der Waals surface area contributed by atoms with Gasteiger partial charge in [0.1, 0.15) is 11.3 Å². The van der Waals surface area contributed by atoms with E-state index >= 15 is 0 Å². The van der Waals surface area contributed by atoms with Gasteiger partial charge >= 0.3 is 17.2 Å². The van der Waals surface area contributed by atoms with E-state index in [-0.39, 0.29) is 6.07 Å². The van der Waals surface area contributed by atoms with Gasteiger partial charge in [-0.2, -0.15) is 26.3 Å². The molecule has 0 bridgehead atoms. The third-order valence-electron chi connectivity index (χ3n) is 2.64. The predicted molar refractivity (Wildman–Crippen MR) is 61.1 cm³/mol. The molecule has 2 aromatic rings. The number of rotatable bonds is 3. The van der Waals surface area contributed by atoms with Gasteiger partial charge in [-0.3, -0.25) is 9.20 Å². The first kappa shape index (κ1) is 15.6. The highest BCUT2D eigenvalue weighted by Crippen LogP contribution is 2.52. The Balaban J connectivity index is 2.68. The van der Waals surface area contributed by atoms with Crippen molar-refractivity contribution < 1.29 is 26.3 Å². The maximum Gasteiger partial charge on any atom is 0.392 e. The van der Waals surface area contributed by atoms with Gasteiger partial charge in [0.05, 0.1) is 0 Å². The van der Waals surface area contributed by atoms with E-state index in [1.165, 1.54) is 12.1 Å². The second-order valence-corrected chi connectivity index (χ2v) is 4.53. The maximum atomic E-state index is 13.6.